The summed E-state index contributed by atoms with van der Waals surface area (Å²) in [6.45, 7) is 24.6. The fourth-order valence-corrected chi connectivity index (χ4v) is 6.62. The topological polar surface area (TPSA) is 64.6 Å². The van der Waals surface area contributed by atoms with E-state index in [2.05, 4.69) is 73.0 Å². The van der Waals surface area contributed by atoms with E-state index in [0.29, 0.717) is 13.0 Å². The maximum Gasteiger partial charge on any atom is 0.228 e. The zero-order valence-corrected chi connectivity index (χ0v) is 24.7. The zero-order valence-electron chi connectivity index (χ0n) is 21.8. The molecule has 0 aliphatic carbocycles. The Balaban J connectivity index is 1.97. The van der Waals surface area contributed by atoms with Crippen LogP contribution in [0.5, 0.6) is 0 Å². The third-order valence-electron chi connectivity index (χ3n) is 7.58. The van der Waals surface area contributed by atoms with Crippen molar-refractivity contribution in [3.63, 3.8) is 0 Å². The van der Waals surface area contributed by atoms with Crippen molar-refractivity contribution in [2.45, 2.75) is 110 Å². The maximum atomic E-state index is 12.9. The van der Waals surface area contributed by atoms with Crippen LogP contribution in [0.1, 0.15) is 69.4 Å². The summed E-state index contributed by atoms with van der Waals surface area (Å²) in [6, 6.07) is 3.72. The molecule has 182 valence electrons. The van der Waals surface area contributed by atoms with Gasteiger partial charge in [-0.1, -0.05) is 41.5 Å². The van der Waals surface area contributed by atoms with Crippen LogP contribution in [0.25, 0.3) is 0 Å². The minimum absolute atomic E-state index is 0.0105. The molecule has 1 aliphatic heterocycles. The molecule has 1 saturated heterocycles. The highest BCUT2D eigenvalue weighted by atomic mass is 32.1. The molecule has 0 spiro atoms. The van der Waals surface area contributed by atoms with Crippen LogP contribution in [0.3, 0.4) is 0 Å². The molecule has 0 unspecified atom stereocenters. The van der Waals surface area contributed by atoms with Crippen LogP contribution in [0.2, 0.25) is 36.3 Å². The third-order valence-corrected chi connectivity index (χ3v) is 17.7. The molecule has 5 nitrogen and oxygen atoms in total. The number of nitrogens with one attached hydrogen (secondary N) is 1. The van der Waals surface area contributed by atoms with Gasteiger partial charge in [-0.3, -0.25) is 9.59 Å². The Morgan fingerprint density at radius 2 is 1.62 bits per heavy atom. The molecule has 0 radical (unpaired) electrons. The predicted molar refractivity (Wildman–Crippen MR) is 138 cm³/mol. The van der Waals surface area contributed by atoms with Gasteiger partial charge in [0.25, 0.3) is 0 Å². The Hall–Kier alpha value is -0.806. The number of rotatable bonds is 9. The smallest absolute Gasteiger partial charge is 0.228 e. The Morgan fingerprint density at radius 3 is 2.12 bits per heavy atom. The van der Waals surface area contributed by atoms with Gasteiger partial charge in [-0.05, 0) is 55.3 Å². The predicted octanol–water partition coefficient (Wildman–Crippen LogP) is 6.37. The van der Waals surface area contributed by atoms with Gasteiger partial charge < -0.3 is 14.2 Å². The van der Waals surface area contributed by atoms with Crippen molar-refractivity contribution in [1.82, 2.24) is 5.32 Å². The number of carbonyl (C=O) groups excluding carboxylic acids is 2. The first-order valence-electron chi connectivity index (χ1n) is 11.6. The van der Waals surface area contributed by atoms with Gasteiger partial charge in [0.2, 0.25) is 5.91 Å². The molecule has 2 heterocycles. The standard InChI is InChI=1S/C24H43NO4SSi2/c1-16(29-32(10,11)24(5,6)7)21-18(25-22(21)27)14-19(26)20-13-12-17(30-20)15-28-31(8,9)23(2,3)4/h12-13,16,18,21H,14-15H2,1-11H3,(H,25,27)/t16-,18-,21-/m1/s1. The number of hydrogen-bond donors (Lipinski definition) is 1. The Kier molecular flexibility index (Phi) is 8.10. The van der Waals surface area contributed by atoms with E-state index < -0.39 is 16.6 Å². The lowest BCUT2D eigenvalue weighted by Crippen LogP contribution is -2.64. The van der Waals surface area contributed by atoms with Crippen molar-refractivity contribution in [2.24, 2.45) is 5.92 Å². The van der Waals surface area contributed by atoms with Gasteiger partial charge in [-0.25, -0.2) is 0 Å². The van der Waals surface area contributed by atoms with E-state index in [4.69, 9.17) is 8.85 Å². The Bertz CT molecular complexity index is 836. The molecule has 0 saturated carbocycles. The van der Waals surface area contributed by atoms with Crippen LogP contribution in [0, 0.1) is 5.92 Å². The first-order valence-corrected chi connectivity index (χ1v) is 18.2. The average Bonchev–Trinajstić information content (AvgIpc) is 3.05. The quantitative estimate of drug-likeness (QED) is 0.245. The van der Waals surface area contributed by atoms with E-state index in [1.54, 1.807) is 0 Å². The highest BCUT2D eigenvalue weighted by Gasteiger charge is 2.48. The van der Waals surface area contributed by atoms with Gasteiger partial charge in [-0.2, -0.15) is 0 Å². The molecule has 1 amide bonds. The molecule has 1 aromatic rings. The largest absolute Gasteiger partial charge is 0.413 e. The number of thiophene rings is 1. The molecule has 1 fully saturated rings. The third kappa shape index (κ3) is 6.20. The van der Waals surface area contributed by atoms with E-state index in [-0.39, 0.29) is 39.8 Å². The van der Waals surface area contributed by atoms with Crippen molar-refractivity contribution in [3.05, 3.63) is 21.9 Å². The molecule has 3 atom stereocenters. The molecule has 0 aromatic carbocycles. The lowest BCUT2D eigenvalue weighted by molar-refractivity contribution is -0.139. The fraction of sp³-hybridized carbons (Fsp3) is 0.750. The first-order chi connectivity index (χ1) is 14.4. The first kappa shape index (κ1) is 27.4. The highest BCUT2D eigenvalue weighted by molar-refractivity contribution is 7.14. The Labute approximate surface area is 200 Å². The summed E-state index contributed by atoms with van der Waals surface area (Å²) in [6.07, 6.45) is 0.115. The van der Waals surface area contributed by atoms with E-state index in [9.17, 15) is 9.59 Å². The molecule has 1 aliphatic rings. The van der Waals surface area contributed by atoms with Gasteiger partial charge in [0.05, 0.1) is 29.5 Å². The van der Waals surface area contributed by atoms with Crippen molar-refractivity contribution in [3.8, 4) is 0 Å². The molecule has 1 aromatic heterocycles. The van der Waals surface area contributed by atoms with Crippen LogP contribution in [-0.2, 0) is 20.3 Å². The van der Waals surface area contributed by atoms with Gasteiger partial charge in [-0.15, -0.1) is 11.3 Å². The van der Waals surface area contributed by atoms with Gasteiger partial charge >= 0.3 is 0 Å². The van der Waals surface area contributed by atoms with Gasteiger partial charge in [0.15, 0.2) is 22.4 Å². The zero-order chi connectivity index (χ0) is 24.7. The number of carbonyl (C=O) groups is 2. The molecular weight excluding hydrogens is 455 g/mol. The molecular formula is C24H43NO4SSi2. The highest BCUT2D eigenvalue weighted by Crippen LogP contribution is 2.40. The minimum atomic E-state index is -1.98. The van der Waals surface area contributed by atoms with Crippen molar-refractivity contribution >= 4 is 39.7 Å². The summed E-state index contributed by atoms with van der Waals surface area (Å²) in [5.41, 5.74) is 0. The normalized spacial score (nSPS) is 21.2. The maximum absolute atomic E-state index is 12.9. The summed E-state index contributed by atoms with van der Waals surface area (Å²) in [5, 5.41) is 3.16. The molecule has 0 bridgehead atoms. The second-order valence-electron chi connectivity index (χ2n) is 12.2. The minimum Gasteiger partial charge on any atom is -0.413 e. The van der Waals surface area contributed by atoms with Crippen LogP contribution >= 0.6 is 11.3 Å². The number of hydrogen-bond acceptors (Lipinski definition) is 5. The average molecular weight is 498 g/mol. The number of amides is 1. The Morgan fingerprint density at radius 1 is 1.06 bits per heavy atom. The van der Waals surface area contributed by atoms with Gasteiger partial charge in [0.1, 0.15) is 0 Å². The van der Waals surface area contributed by atoms with Crippen molar-refractivity contribution < 1.29 is 18.4 Å². The van der Waals surface area contributed by atoms with E-state index in [1.165, 1.54) is 11.3 Å². The van der Waals surface area contributed by atoms with E-state index in [0.717, 1.165) is 9.75 Å². The molecule has 2 rings (SSSR count). The van der Waals surface area contributed by atoms with E-state index >= 15 is 0 Å². The van der Waals surface area contributed by atoms with Crippen LogP contribution in [-0.4, -0.2) is 40.5 Å². The summed E-state index contributed by atoms with van der Waals surface area (Å²) < 4.78 is 12.7. The molecule has 1 N–H and O–H groups in total. The summed E-state index contributed by atoms with van der Waals surface area (Å²) in [4.78, 5) is 27.0. The van der Waals surface area contributed by atoms with Crippen LogP contribution in [0.4, 0.5) is 0 Å². The number of Topliss-reactive ketones (excluding diaryl/α,β-unsaturated/α-hetero) is 1. The molecule has 8 heteroatoms. The second kappa shape index (κ2) is 9.45. The monoisotopic (exact) mass is 497 g/mol. The number of ketones is 1. The summed E-state index contributed by atoms with van der Waals surface area (Å²) >= 11 is 1.50. The van der Waals surface area contributed by atoms with E-state index in [1.807, 2.05) is 19.1 Å². The SMILES string of the molecule is C[C@@H](O[Si](C)(C)C(C)(C)C)[C@H]1C(=O)N[C@@H]1CC(=O)c1ccc(CO[Si](C)(C)C(C)(C)C)s1. The fourth-order valence-electron chi connectivity index (χ4n) is 3.26. The lowest BCUT2D eigenvalue weighted by Gasteiger charge is -2.45. The van der Waals surface area contributed by atoms with Crippen LogP contribution < -0.4 is 5.32 Å². The summed E-state index contributed by atoms with van der Waals surface area (Å²) in [5.74, 6) is -0.207. The number of β-lactam (4-membered cyclic amide) rings is 1. The lowest BCUT2D eigenvalue weighted by atomic mass is 9.83. The van der Waals surface area contributed by atoms with Gasteiger partial charge in [0, 0.05) is 11.3 Å². The second-order valence-corrected chi connectivity index (χ2v) is 22.9. The van der Waals surface area contributed by atoms with Crippen molar-refractivity contribution in [2.75, 3.05) is 0 Å². The molecule has 32 heavy (non-hydrogen) atoms. The summed E-state index contributed by atoms with van der Waals surface area (Å²) in [7, 11) is -3.81. The van der Waals surface area contributed by atoms with Crippen molar-refractivity contribution in [1.29, 1.82) is 0 Å². The van der Waals surface area contributed by atoms with Crippen LogP contribution in [0.15, 0.2) is 12.1 Å².